The van der Waals surface area contributed by atoms with Gasteiger partial charge in [0.1, 0.15) is 5.75 Å². The SMILES string of the molecule is O=C(NCc1ccccc1OC(F)(F)F)C1CC1c1ccccc1Cl. The van der Waals surface area contributed by atoms with Gasteiger partial charge in [-0.2, -0.15) is 0 Å². The third-order valence-corrected chi connectivity index (χ3v) is 4.43. The van der Waals surface area contributed by atoms with Gasteiger partial charge in [-0.1, -0.05) is 48.0 Å². The molecule has 0 bridgehead atoms. The summed E-state index contributed by atoms with van der Waals surface area (Å²) >= 11 is 6.13. The van der Waals surface area contributed by atoms with Crippen LogP contribution in [0.1, 0.15) is 23.5 Å². The topological polar surface area (TPSA) is 38.3 Å². The van der Waals surface area contributed by atoms with Crippen molar-refractivity contribution in [3.8, 4) is 5.75 Å². The summed E-state index contributed by atoms with van der Waals surface area (Å²) < 4.78 is 41.2. The molecule has 7 heteroatoms. The second-order valence-electron chi connectivity index (χ2n) is 5.84. The van der Waals surface area contributed by atoms with Crippen molar-refractivity contribution in [3.63, 3.8) is 0 Å². The molecule has 1 saturated carbocycles. The summed E-state index contributed by atoms with van der Waals surface area (Å²) in [5.74, 6) is -0.675. The van der Waals surface area contributed by atoms with Crippen LogP contribution in [0.4, 0.5) is 13.2 Å². The smallest absolute Gasteiger partial charge is 0.405 e. The Hall–Kier alpha value is -2.21. The summed E-state index contributed by atoms with van der Waals surface area (Å²) in [4.78, 5) is 12.3. The molecule has 0 spiro atoms. The first kappa shape index (κ1) is 17.6. The van der Waals surface area contributed by atoms with Gasteiger partial charge >= 0.3 is 6.36 Å². The molecule has 0 aliphatic heterocycles. The van der Waals surface area contributed by atoms with Crippen LogP contribution in [0.25, 0.3) is 0 Å². The van der Waals surface area contributed by atoms with Gasteiger partial charge in [0.25, 0.3) is 0 Å². The highest BCUT2D eigenvalue weighted by molar-refractivity contribution is 6.31. The van der Waals surface area contributed by atoms with E-state index in [1.165, 1.54) is 18.2 Å². The molecule has 0 heterocycles. The third kappa shape index (κ3) is 4.45. The fourth-order valence-electron chi connectivity index (χ4n) is 2.79. The number of ether oxygens (including phenoxy) is 1. The Morgan fingerprint density at radius 3 is 2.56 bits per heavy atom. The van der Waals surface area contributed by atoms with E-state index in [-0.39, 0.29) is 35.6 Å². The molecule has 1 N–H and O–H groups in total. The van der Waals surface area contributed by atoms with Crippen LogP contribution < -0.4 is 10.1 Å². The first-order valence-corrected chi connectivity index (χ1v) is 8.09. The number of benzene rings is 2. The zero-order chi connectivity index (χ0) is 18.0. The maximum absolute atomic E-state index is 12.4. The van der Waals surface area contributed by atoms with Crippen LogP contribution in [0, 0.1) is 5.92 Å². The Morgan fingerprint density at radius 1 is 1.16 bits per heavy atom. The van der Waals surface area contributed by atoms with E-state index in [9.17, 15) is 18.0 Å². The Kier molecular flexibility index (Phi) is 4.90. The normalized spacial score (nSPS) is 19.4. The predicted molar refractivity (Wildman–Crippen MR) is 87.3 cm³/mol. The highest BCUT2D eigenvalue weighted by Crippen LogP contribution is 2.49. The van der Waals surface area contributed by atoms with Crippen molar-refractivity contribution < 1.29 is 22.7 Å². The van der Waals surface area contributed by atoms with Crippen molar-refractivity contribution in [2.24, 2.45) is 5.92 Å². The highest BCUT2D eigenvalue weighted by Gasteiger charge is 2.44. The molecule has 2 aromatic carbocycles. The average molecular weight is 370 g/mol. The second-order valence-corrected chi connectivity index (χ2v) is 6.25. The highest BCUT2D eigenvalue weighted by atomic mass is 35.5. The van der Waals surface area contributed by atoms with E-state index >= 15 is 0 Å². The fraction of sp³-hybridized carbons (Fsp3) is 0.278. The minimum absolute atomic E-state index is 0.0309. The number of hydrogen-bond donors (Lipinski definition) is 1. The van der Waals surface area contributed by atoms with Gasteiger partial charge in [0.15, 0.2) is 0 Å². The van der Waals surface area contributed by atoms with Crippen LogP contribution in [0.2, 0.25) is 5.02 Å². The number of carbonyl (C=O) groups is 1. The van der Waals surface area contributed by atoms with Crippen LogP contribution >= 0.6 is 11.6 Å². The number of alkyl halides is 3. The van der Waals surface area contributed by atoms with Gasteiger partial charge in [0, 0.05) is 23.0 Å². The van der Waals surface area contributed by atoms with E-state index in [4.69, 9.17) is 11.6 Å². The molecule has 1 fully saturated rings. The van der Waals surface area contributed by atoms with Crippen molar-refractivity contribution in [1.29, 1.82) is 0 Å². The number of nitrogens with one attached hydrogen (secondary N) is 1. The lowest BCUT2D eigenvalue weighted by Crippen LogP contribution is -2.26. The Labute approximate surface area is 147 Å². The van der Waals surface area contributed by atoms with Crippen LogP contribution in [0.5, 0.6) is 5.75 Å². The molecule has 3 rings (SSSR count). The predicted octanol–water partition coefficient (Wildman–Crippen LogP) is 4.66. The van der Waals surface area contributed by atoms with Crippen molar-refractivity contribution in [3.05, 3.63) is 64.7 Å². The monoisotopic (exact) mass is 369 g/mol. The summed E-state index contributed by atoms with van der Waals surface area (Å²) in [7, 11) is 0. The molecular formula is C18H15ClF3NO2. The lowest BCUT2D eigenvalue weighted by atomic mass is 10.1. The number of rotatable bonds is 5. The van der Waals surface area contributed by atoms with Crippen LogP contribution in [0.3, 0.4) is 0 Å². The van der Waals surface area contributed by atoms with Gasteiger partial charge in [0.05, 0.1) is 0 Å². The van der Waals surface area contributed by atoms with Crippen molar-refractivity contribution >= 4 is 17.5 Å². The summed E-state index contributed by atoms with van der Waals surface area (Å²) in [6, 6.07) is 13.1. The zero-order valence-corrected chi connectivity index (χ0v) is 13.8. The molecule has 2 unspecified atom stereocenters. The lowest BCUT2D eigenvalue weighted by molar-refractivity contribution is -0.274. The lowest BCUT2D eigenvalue weighted by Gasteiger charge is -2.13. The molecule has 25 heavy (non-hydrogen) atoms. The minimum atomic E-state index is -4.77. The number of hydrogen-bond acceptors (Lipinski definition) is 2. The van der Waals surface area contributed by atoms with E-state index in [0.29, 0.717) is 11.4 Å². The van der Waals surface area contributed by atoms with Gasteiger partial charge in [-0.3, -0.25) is 4.79 Å². The van der Waals surface area contributed by atoms with Crippen LogP contribution in [-0.2, 0) is 11.3 Å². The Morgan fingerprint density at radius 2 is 1.84 bits per heavy atom. The van der Waals surface area contributed by atoms with E-state index in [1.54, 1.807) is 12.1 Å². The average Bonchev–Trinajstić information content (AvgIpc) is 3.33. The largest absolute Gasteiger partial charge is 0.573 e. The van der Waals surface area contributed by atoms with E-state index in [1.807, 2.05) is 18.2 Å². The summed E-state index contributed by atoms with van der Waals surface area (Å²) in [5.41, 5.74) is 1.19. The molecular weight excluding hydrogens is 355 g/mol. The molecule has 0 aromatic heterocycles. The first-order chi connectivity index (χ1) is 11.8. The fourth-order valence-corrected chi connectivity index (χ4v) is 3.07. The summed E-state index contributed by atoms with van der Waals surface area (Å²) in [6.45, 7) is -0.0309. The van der Waals surface area contributed by atoms with Crippen molar-refractivity contribution in [1.82, 2.24) is 5.32 Å². The molecule has 132 valence electrons. The standard InChI is InChI=1S/C18H15ClF3NO2/c19-15-7-3-2-6-12(15)13-9-14(13)17(24)23-10-11-5-1-4-8-16(11)25-18(20,21)22/h1-8,13-14H,9-10H2,(H,23,24). The Bertz CT molecular complexity index is 779. The molecule has 1 aliphatic rings. The molecule has 2 atom stereocenters. The molecule has 2 aromatic rings. The van der Waals surface area contributed by atoms with Gasteiger partial charge in [-0.25, -0.2) is 0 Å². The number of carbonyl (C=O) groups excluding carboxylic acids is 1. The number of halogens is 4. The van der Waals surface area contributed by atoms with Gasteiger partial charge < -0.3 is 10.1 Å². The van der Waals surface area contributed by atoms with E-state index in [0.717, 1.165) is 5.56 Å². The molecule has 0 saturated heterocycles. The molecule has 0 radical (unpaired) electrons. The third-order valence-electron chi connectivity index (χ3n) is 4.08. The van der Waals surface area contributed by atoms with E-state index in [2.05, 4.69) is 10.1 Å². The van der Waals surface area contributed by atoms with Gasteiger partial charge in [0.2, 0.25) is 5.91 Å². The van der Waals surface area contributed by atoms with Gasteiger partial charge in [-0.15, -0.1) is 13.2 Å². The Balaban J connectivity index is 1.60. The van der Waals surface area contributed by atoms with E-state index < -0.39 is 6.36 Å². The van der Waals surface area contributed by atoms with Crippen molar-refractivity contribution in [2.45, 2.75) is 25.2 Å². The van der Waals surface area contributed by atoms with Crippen LogP contribution in [0.15, 0.2) is 48.5 Å². The maximum atomic E-state index is 12.4. The van der Waals surface area contributed by atoms with Crippen molar-refractivity contribution in [2.75, 3.05) is 0 Å². The number of amides is 1. The van der Waals surface area contributed by atoms with Crippen LogP contribution in [-0.4, -0.2) is 12.3 Å². The quantitative estimate of drug-likeness (QED) is 0.832. The first-order valence-electron chi connectivity index (χ1n) is 7.71. The second kappa shape index (κ2) is 6.96. The number of para-hydroxylation sites is 1. The molecule has 1 aliphatic carbocycles. The van der Waals surface area contributed by atoms with Gasteiger partial charge in [-0.05, 0) is 30.0 Å². The summed E-state index contributed by atoms with van der Waals surface area (Å²) in [5, 5.41) is 3.29. The minimum Gasteiger partial charge on any atom is -0.405 e. The molecule has 1 amide bonds. The summed E-state index contributed by atoms with van der Waals surface area (Å²) in [6.07, 6.45) is -4.10. The maximum Gasteiger partial charge on any atom is 0.573 e. The molecule has 3 nitrogen and oxygen atoms in total. The zero-order valence-electron chi connectivity index (χ0n) is 13.0.